The zero-order chi connectivity index (χ0) is 20.2. The minimum Gasteiger partial charge on any atom is -0.497 e. The zero-order valence-corrected chi connectivity index (χ0v) is 15.7. The highest BCUT2D eigenvalue weighted by Crippen LogP contribution is 2.12. The average molecular weight is 379 g/mol. The van der Waals surface area contributed by atoms with E-state index in [2.05, 4.69) is 10.6 Å². The van der Waals surface area contributed by atoms with E-state index in [9.17, 15) is 19.2 Å². The first-order chi connectivity index (χ1) is 12.9. The second kappa shape index (κ2) is 11.5. The van der Waals surface area contributed by atoms with Gasteiger partial charge in [0.05, 0.1) is 13.7 Å². The van der Waals surface area contributed by atoms with E-state index in [4.69, 9.17) is 9.47 Å². The van der Waals surface area contributed by atoms with Crippen LogP contribution in [0.4, 0.5) is 0 Å². The summed E-state index contributed by atoms with van der Waals surface area (Å²) in [6, 6.07) is 6.45. The first kappa shape index (κ1) is 21.9. The molecule has 1 aromatic carbocycles. The highest BCUT2D eigenvalue weighted by atomic mass is 16.5. The van der Waals surface area contributed by atoms with E-state index in [1.807, 2.05) is 0 Å². The number of likely N-dealkylation sites (N-methyl/N-ethyl adjacent to an activating group) is 2. The molecule has 2 N–H and O–H groups in total. The molecule has 1 rings (SSSR count). The zero-order valence-electron chi connectivity index (χ0n) is 15.7. The van der Waals surface area contributed by atoms with E-state index in [0.717, 1.165) is 0 Å². The molecule has 3 amide bonds. The van der Waals surface area contributed by atoms with E-state index < -0.39 is 24.4 Å². The number of carbonyl (C=O) groups excluding carboxylic acids is 4. The van der Waals surface area contributed by atoms with E-state index in [1.165, 1.54) is 18.1 Å². The van der Waals surface area contributed by atoms with Crippen LogP contribution in [0, 0.1) is 0 Å². The fraction of sp³-hybridized carbons (Fsp3) is 0.444. The molecule has 0 aliphatic carbocycles. The molecular weight excluding hydrogens is 354 g/mol. The maximum atomic E-state index is 12.0. The van der Waals surface area contributed by atoms with Gasteiger partial charge in [-0.15, -0.1) is 0 Å². The second-order valence-electron chi connectivity index (χ2n) is 5.44. The standard InChI is InChI=1S/C18H25N3O6/c1-4-19-15(22)11-21(5-2)16(23)12-27-17(24)10-20-18(25)13-7-6-8-14(9-13)26-3/h6-9H,4-5,10-12H2,1-3H3,(H,19,22)(H,20,25). The number of carbonyl (C=O) groups is 4. The summed E-state index contributed by atoms with van der Waals surface area (Å²) >= 11 is 0. The van der Waals surface area contributed by atoms with Crippen molar-refractivity contribution >= 4 is 23.7 Å². The number of nitrogens with one attached hydrogen (secondary N) is 2. The summed E-state index contributed by atoms with van der Waals surface area (Å²) in [6.45, 7) is 3.28. The molecule has 9 heteroatoms. The number of hydrogen-bond donors (Lipinski definition) is 2. The summed E-state index contributed by atoms with van der Waals surface area (Å²) in [7, 11) is 1.48. The molecule has 9 nitrogen and oxygen atoms in total. The van der Waals surface area contributed by atoms with Crippen molar-refractivity contribution in [2.24, 2.45) is 0 Å². The molecule has 0 fully saturated rings. The van der Waals surface area contributed by atoms with Gasteiger partial charge in [0.2, 0.25) is 5.91 Å². The summed E-state index contributed by atoms with van der Waals surface area (Å²) < 4.78 is 9.89. The van der Waals surface area contributed by atoms with Gasteiger partial charge in [0.15, 0.2) is 6.61 Å². The Kier molecular flexibility index (Phi) is 9.35. The summed E-state index contributed by atoms with van der Waals surface area (Å²) in [5.74, 6) is -1.49. The number of benzene rings is 1. The topological polar surface area (TPSA) is 114 Å². The van der Waals surface area contributed by atoms with Crippen molar-refractivity contribution in [3.8, 4) is 5.75 Å². The minimum atomic E-state index is -0.756. The number of amides is 3. The molecule has 1 aromatic rings. The Morgan fingerprint density at radius 1 is 1.11 bits per heavy atom. The molecule has 0 heterocycles. The van der Waals surface area contributed by atoms with Gasteiger partial charge in [0.25, 0.3) is 11.8 Å². The maximum Gasteiger partial charge on any atom is 0.325 e. The van der Waals surface area contributed by atoms with Crippen molar-refractivity contribution in [2.45, 2.75) is 13.8 Å². The van der Waals surface area contributed by atoms with Crippen molar-refractivity contribution in [1.29, 1.82) is 0 Å². The van der Waals surface area contributed by atoms with Gasteiger partial charge in [-0.2, -0.15) is 0 Å². The molecular formula is C18H25N3O6. The quantitative estimate of drug-likeness (QED) is 0.551. The molecule has 27 heavy (non-hydrogen) atoms. The van der Waals surface area contributed by atoms with E-state index in [1.54, 1.807) is 32.0 Å². The third-order valence-electron chi connectivity index (χ3n) is 3.52. The van der Waals surface area contributed by atoms with Gasteiger partial charge in [-0.3, -0.25) is 19.2 Å². The van der Waals surface area contributed by atoms with Crippen molar-refractivity contribution in [1.82, 2.24) is 15.5 Å². The lowest BCUT2D eigenvalue weighted by molar-refractivity contribution is -0.151. The summed E-state index contributed by atoms with van der Waals surface area (Å²) in [6.07, 6.45) is 0. The SMILES string of the molecule is CCNC(=O)CN(CC)C(=O)COC(=O)CNC(=O)c1cccc(OC)c1. The largest absolute Gasteiger partial charge is 0.497 e. The van der Waals surface area contributed by atoms with Gasteiger partial charge in [0.1, 0.15) is 12.3 Å². The third-order valence-corrected chi connectivity index (χ3v) is 3.52. The van der Waals surface area contributed by atoms with Crippen LogP contribution in [0.3, 0.4) is 0 Å². The highest BCUT2D eigenvalue weighted by molar-refractivity contribution is 5.96. The molecule has 0 spiro atoms. The Hall–Kier alpha value is -3.10. The molecule has 0 saturated carbocycles. The molecule has 0 radical (unpaired) electrons. The molecule has 0 saturated heterocycles. The van der Waals surface area contributed by atoms with Crippen LogP contribution in [0.1, 0.15) is 24.2 Å². The van der Waals surface area contributed by atoms with Crippen LogP contribution in [0.25, 0.3) is 0 Å². The normalized spacial score (nSPS) is 9.89. The van der Waals surface area contributed by atoms with Crippen molar-refractivity contribution < 1.29 is 28.7 Å². The second-order valence-corrected chi connectivity index (χ2v) is 5.44. The van der Waals surface area contributed by atoms with E-state index in [0.29, 0.717) is 24.4 Å². The van der Waals surface area contributed by atoms with Gasteiger partial charge in [-0.25, -0.2) is 0 Å². The summed E-state index contributed by atoms with van der Waals surface area (Å²) in [4.78, 5) is 48.6. The lowest BCUT2D eigenvalue weighted by Gasteiger charge is -2.20. The van der Waals surface area contributed by atoms with Crippen molar-refractivity contribution in [2.75, 3.05) is 39.9 Å². The van der Waals surface area contributed by atoms with Crippen LogP contribution < -0.4 is 15.4 Å². The predicted molar refractivity (Wildman–Crippen MR) is 97.2 cm³/mol. The summed E-state index contributed by atoms with van der Waals surface area (Å²) in [5.41, 5.74) is 0.331. The molecule has 0 aliphatic rings. The van der Waals surface area contributed by atoms with Crippen molar-refractivity contribution in [3.63, 3.8) is 0 Å². The first-order valence-corrected chi connectivity index (χ1v) is 8.53. The van der Waals surface area contributed by atoms with E-state index >= 15 is 0 Å². The average Bonchev–Trinajstić information content (AvgIpc) is 2.68. The van der Waals surface area contributed by atoms with Gasteiger partial charge in [0, 0.05) is 18.7 Å². The Morgan fingerprint density at radius 2 is 1.85 bits per heavy atom. The van der Waals surface area contributed by atoms with Crippen LogP contribution in [0.5, 0.6) is 5.75 Å². The van der Waals surface area contributed by atoms with Gasteiger partial charge >= 0.3 is 5.97 Å². The number of hydrogen-bond acceptors (Lipinski definition) is 6. The Morgan fingerprint density at radius 3 is 2.48 bits per heavy atom. The number of rotatable bonds is 10. The highest BCUT2D eigenvalue weighted by Gasteiger charge is 2.17. The lowest BCUT2D eigenvalue weighted by atomic mass is 10.2. The Bertz CT molecular complexity index is 677. The van der Waals surface area contributed by atoms with Crippen LogP contribution in [-0.2, 0) is 19.1 Å². The van der Waals surface area contributed by atoms with Crippen LogP contribution in [0.15, 0.2) is 24.3 Å². The monoisotopic (exact) mass is 379 g/mol. The molecule has 0 aliphatic heterocycles. The number of nitrogens with zero attached hydrogens (tertiary/aromatic N) is 1. The van der Waals surface area contributed by atoms with Gasteiger partial charge < -0.3 is 25.0 Å². The number of esters is 1. The van der Waals surface area contributed by atoms with Gasteiger partial charge in [-0.05, 0) is 32.0 Å². The van der Waals surface area contributed by atoms with Crippen molar-refractivity contribution in [3.05, 3.63) is 29.8 Å². The molecule has 0 atom stereocenters. The van der Waals surface area contributed by atoms with E-state index in [-0.39, 0.29) is 19.0 Å². The fourth-order valence-electron chi connectivity index (χ4n) is 2.11. The minimum absolute atomic E-state index is 0.104. The molecule has 148 valence electrons. The maximum absolute atomic E-state index is 12.0. The summed E-state index contributed by atoms with van der Waals surface area (Å²) in [5, 5.41) is 5.00. The molecule has 0 aromatic heterocycles. The van der Waals surface area contributed by atoms with Gasteiger partial charge in [-0.1, -0.05) is 6.07 Å². The smallest absolute Gasteiger partial charge is 0.325 e. The lowest BCUT2D eigenvalue weighted by Crippen LogP contribution is -2.42. The number of ether oxygens (including phenoxy) is 2. The molecule has 0 bridgehead atoms. The first-order valence-electron chi connectivity index (χ1n) is 8.53. The fourth-order valence-corrected chi connectivity index (χ4v) is 2.11. The third kappa shape index (κ3) is 7.76. The predicted octanol–water partition coefficient (Wildman–Crippen LogP) is -0.0472. The Balaban J connectivity index is 2.42. The number of methoxy groups -OCH3 is 1. The van der Waals surface area contributed by atoms with Crippen LogP contribution in [0.2, 0.25) is 0 Å². The van der Waals surface area contributed by atoms with Crippen LogP contribution in [-0.4, -0.2) is 68.5 Å². The molecule has 0 unspecified atom stereocenters. The Labute approximate surface area is 158 Å². The van der Waals surface area contributed by atoms with Crippen LogP contribution >= 0.6 is 0 Å².